The second-order valence-electron chi connectivity index (χ2n) is 2.90. The topological polar surface area (TPSA) is 66.4 Å². The molecular formula is C8H10FNO3S. The standard InChI is InChI=1S/C8H10FNO3S/c1-14(12,13)8-3-6(5-10-11)2-7(9)4-8/h2-4,10-11H,5H2,1H3. The van der Waals surface area contributed by atoms with Gasteiger partial charge in [0.15, 0.2) is 9.84 Å². The Morgan fingerprint density at radius 1 is 1.43 bits per heavy atom. The number of sulfone groups is 1. The van der Waals surface area contributed by atoms with Crippen LogP contribution in [0.5, 0.6) is 0 Å². The Balaban J connectivity index is 3.21. The predicted molar refractivity (Wildman–Crippen MR) is 48.1 cm³/mol. The van der Waals surface area contributed by atoms with Crippen molar-refractivity contribution < 1.29 is 18.0 Å². The van der Waals surface area contributed by atoms with Gasteiger partial charge in [0.2, 0.25) is 0 Å². The van der Waals surface area contributed by atoms with Crippen LogP contribution >= 0.6 is 0 Å². The number of rotatable bonds is 3. The molecule has 0 saturated carbocycles. The quantitative estimate of drug-likeness (QED) is 0.735. The van der Waals surface area contributed by atoms with Crippen LogP contribution in [-0.4, -0.2) is 19.9 Å². The van der Waals surface area contributed by atoms with Gasteiger partial charge in [-0.25, -0.2) is 18.3 Å². The summed E-state index contributed by atoms with van der Waals surface area (Å²) in [6, 6.07) is 3.40. The van der Waals surface area contributed by atoms with E-state index in [0.29, 0.717) is 5.56 Å². The van der Waals surface area contributed by atoms with Crippen LogP contribution < -0.4 is 5.48 Å². The molecule has 0 saturated heterocycles. The van der Waals surface area contributed by atoms with Crippen molar-refractivity contribution in [2.45, 2.75) is 11.4 Å². The molecule has 14 heavy (non-hydrogen) atoms. The van der Waals surface area contributed by atoms with E-state index in [4.69, 9.17) is 5.21 Å². The summed E-state index contributed by atoms with van der Waals surface area (Å²) in [5.74, 6) is -0.641. The van der Waals surface area contributed by atoms with E-state index in [-0.39, 0.29) is 11.4 Å². The molecule has 0 fully saturated rings. The molecule has 0 heterocycles. The van der Waals surface area contributed by atoms with Crippen molar-refractivity contribution in [2.75, 3.05) is 6.26 Å². The maximum atomic E-state index is 12.9. The number of hydrogen-bond donors (Lipinski definition) is 2. The molecule has 1 aromatic rings. The summed E-state index contributed by atoms with van der Waals surface area (Å²) in [6.07, 6.45) is 0.998. The second-order valence-corrected chi connectivity index (χ2v) is 4.92. The molecule has 4 nitrogen and oxygen atoms in total. The first-order valence-corrected chi connectivity index (χ1v) is 5.69. The second kappa shape index (κ2) is 4.04. The highest BCUT2D eigenvalue weighted by molar-refractivity contribution is 7.90. The Morgan fingerprint density at radius 3 is 2.57 bits per heavy atom. The summed E-state index contributed by atoms with van der Waals surface area (Å²) in [4.78, 5) is -0.0947. The first kappa shape index (κ1) is 11.1. The largest absolute Gasteiger partial charge is 0.316 e. The predicted octanol–water partition coefficient (Wildman–Crippen LogP) is 0.708. The molecule has 0 aliphatic carbocycles. The fourth-order valence-electron chi connectivity index (χ4n) is 1.03. The molecule has 1 rings (SSSR count). The highest BCUT2D eigenvalue weighted by Gasteiger charge is 2.09. The lowest BCUT2D eigenvalue weighted by Crippen LogP contribution is -2.08. The van der Waals surface area contributed by atoms with Gasteiger partial charge in [-0.05, 0) is 23.8 Å². The highest BCUT2D eigenvalue weighted by atomic mass is 32.2. The Kier molecular flexibility index (Phi) is 3.20. The van der Waals surface area contributed by atoms with Crippen molar-refractivity contribution in [1.82, 2.24) is 5.48 Å². The third-order valence-electron chi connectivity index (χ3n) is 1.64. The minimum Gasteiger partial charge on any atom is -0.316 e. The van der Waals surface area contributed by atoms with Crippen LogP contribution in [0.2, 0.25) is 0 Å². The van der Waals surface area contributed by atoms with Gasteiger partial charge in [0.05, 0.1) is 4.90 Å². The van der Waals surface area contributed by atoms with Crippen molar-refractivity contribution in [3.8, 4) is 0 Å². The van der Waals surface area contributed by atoms with Crippen LogP contribution in [0.15, 0.2) is 23.1 Å². The van der Waals surface area contributed by atoms with Crippen LogP contribution in [0.3, 0.4) is 0 Å². The monoisotopic (exact) mass is 219 g/mol. The molecule has 6 heteroatoms. The van der Waals surface area contributed by atoms with Gasteiger partial charge in [0.25, 0.3) is 0 Å². The summed E-state index contributed by atoms with van der Waals surface area (Å²) >= 11 is 0. The summed E-state index contributed by atoms with van der Waals surface area (Å²) < 4.78 is 35.1. The number of nitrogens with one attached hydrogen (secondary N) is 1. The van der Waals surface area contributed by atoms with Gasteiger partial charge in [-0.3, -0.25) is 0 Å². The minimum absolute atomic E-state index is 0.000278. The molecule has 0 aromatic heterocycles. The third kappa shape index (κ3) is 2.76. The lowest BCUT2D eigenvalue weighted by molar-refractivity contribution is 0.161. The lowest BCUT2D eigenvalue weighted by atomic mass is 10.2. The number of hydroxylamine groups is 1. The van der Waals surface area contributed by atoms with Gasteiger partial charge in [-0.2, -0.15) is 0 Å². The zero-order chi connectivity index (χ0) is 10.8. The molecule has 0 atom stereocenters. The molecule has 0 unspecified atom stereocenters. The van der Waals surface area contributed by atoms with E-state index in [2.05, 4.69) is 0 Å². The Hall–Kier alpha value is -0.980. The molecule has 0 radical (unpaired) electrons. The van der Waals surface area contributed by atoms with Crippen molar-refractivity contribution in [3.05, 3.63) is 29.6 Å². The van der Waals surface area contributed by atoms with Gasteiger partial charge in [-0.1, -0.05) is 0 Å². The van der Waals surface area contributed by atoms with Crippen LogP contribution in [0, 0.1) is 5.82 Å². The van der Waals surface area contributed by atoms with E-state index in [1.54, 1.807) is 0 Å². The van der Waals surface area contributed by atoms with E-state index in [1.807, 2.05) is 5.48 Å². The van der Waals surface area contributed by atoms with Gasteiger partial charge < -0.3 is 5.21 Å². The molecule has 0 bridgehead atoms. The average Bonchev–Trinajstić information content (AvgIpc) is 2.02. The molecule has 2 N–H and O–H groups in total. The Bertz CT molecular complexity index is 430. The Labute approximate surface area is 81.3 Å². The molecule has 1 aromatic carbocycles. The third-order valence-corrected chi connectivity index (χ3v) is 2.73. The van der Waals surface area contributed by atoms with Crippen molar-refractivity contribution >= 4 is 9.84 Å². The van der Waals surface area contributed by atoms with Crippen LogP contribution in [0.1, 0.15) is 5.56 Å². The van der Waals surface area contributed by atoms with Gasteiger partial charge in [0.1, 0.15) is 5.82 Å². The van der Waals surface area contributed by atoms with Gasteiger partial charge in [0, 0.05) is 12.8 Å². The molecule has 0 aliphatic heterocycles. The molecule has 78 valence electrons. The highest BCUT2D eigenvalue weighted by Crippen LogP contribution is 2.14. The molecular weight excluding hydrogens is 209 g/mol. The number of benzene rings is 1. The maximum Gasteiger partial charge on any atom is 0.175 e. The minimum atomic E-state index is -3.42. The first-order chi connectivity index (χ1) is 6.43. The zero-order valence-electron chi connectivity index (χ0n) is 7.49. The normalized spacial score (nSPS) is 11.6. The van der Waals surface area contributed by atoms with Gasteiger partial charge in [-0.15, -0.1) is 0 Å². The average molecular weight is 219 g/mol. The van der Waals surface area contributed by atoms with Crippen molar-refractivity contribution in [1.29, 1.82) is 0 Å². The van der Waals surface area contributed by atoms with Gasteiger partial charge >= 0.3 is 0 Å². The fraction of sp³-hybridized carbons (Fsp3) is 0.250. The first-order valence-electron chi connectivity index (χ1n) is 3.80. The van der Waals surface area contributed by atoms with Crippen LogP contribution in [0.4, 0.5) is 4.39 Å². The van der Waals surface area contributed by atoms with Crippen LogP contribution in [0.25, 0.3) is 0 Å². The zero-order valence-corrected chi connectivity index (χ0v) is 8.31. The molecule has 0 aliphatic rings. The number of halogens is 1. The number of hydrogen-bond acceptors (Lipinski definition) is 4. The molecule has 0 amide bonds. The van der Waals surface area contributed by atoms with E-state index < -0.39 is 15.7 Å². The Morgan fingerprint density at radius 2 is 2.07 bits per heavy atom. The van der Waals surface area contributed by atoms with Crippen molar-refractivity contribution in [3.63, 3.8) is 0 Å². The lowest BCUT2D eigenvalue weighted by Gasteiger charge is -2.03. The summed E-state index contributed by atoms with van der Waals surface area (Å²) in [6.45, 7) is 0.000278. The summed E-state index contributed by atoms with van der Waals surface area (Å²) in [5.41, 5.74) is 2.20. The van der Waals surface area contributed by atoms with Crippen molar-refractivity contribution in [2.24, 2.45) is 0 Å². The van der Waals surface area contributed by atoms with Crippen LogP contribution in [-0.2, 0) is 16.4 Å². The SMILES string of the molecule is CS(=O)(=O)c1cc(F)cc(CNO)c1. The molecule has 0 spiro atoms. The fourth-order valence-corrected chi connectivity index (χ4v) is 1.72. The van der Waals surface area contributed by atoms with E-state index in [9.17, 15) is 12.8 Å². The van der Waals surface area contributed by atoms with E-state index in [1.165, 1.54) is 6.07 Å². The summed E-state index contributed by atoms with van der Waals surface area (Å²) in [5, 5.41) is 8.38. The summed E-state index contributed by atoms with van der Waals surface area (Å²) in [7, 11) is -3.42. The van der Waals surface area contributed by atoms with E-state index >= 15 is 0 Å². The van der Waals surface area contributed by atoms with E-state index in [0.717, 1.165) is 18.4 Å². The smallest absolute Gasteiger partial charge is 0.175 e. The maximum absolute atomic E-state index is 12.9.